The molecule has 5 rings (SSSR count). The molecular weight excluding hydrogens is 534 g/mol. The standard InChI is InChI=1S/C31H35N7O4/c1-4-5-12-27-32-20(2)25(18-28(39)37-17-8-11-26(37)31(41)42-3)30(40)38(27)19-21-13-15-22(16-14-21)23-9-6-7-10-24(23)29-33-35-36-34-29/h6-7,9-10,13-16,26H,4-5,8,11-12,17-19H2,1-3H3,(H,33,34,35,36)/t26-/m0/s1. The fourth-order valence-corrected chi connectivity index (χ4v) is 5.53. The normalized spacial score (nSPS) is 14.7. The average Bonchev–Trinajstić information content (AvgIpc) is 3.73. The van der Waals surface area contributed by atoms with Crippen LogP contribution in [0.15, 0.2) is 53.3 Å². The number of rotatable bonds is 10. The quantitative estimate of drug-likeness (QED) is 0.287. The van der Waals surface area contributed by atoms with Gasteiger partial charge in [0.1, 0.15) is 11.9 Å². The third-order valence-electron chi connectivity index (χ3n) is 7.80. The number of hydrogen-bond donors (Lipinski definition) is 1. The Morgan fingerprint density at radius 2 is 1.86 bits per heavy atom. The zero-order chi connectivity index (χ0) is 29.6. The zero-order valence-corrected chi connectivity index (χ0v) is 24.2. The van der Waals surface area contributed by atoms with Crippen LogP contribution in [-0.4, -0.2) is 66.6 Å². The van der Waals surface area contributed by atoms with Gasteiger partial charge < -0.3 is 9.64 Å². The van der Waals surface area contributed by atoms with E-state index >= 15 is 0 Å². The second-order valence-electron chi connectivity index (χ2n) is 10.5. The Kier molecular flexibility index (Phi) is 8.85. The highest BCUT2D eigenvalue weighted by molar-refractivity contribution is 5.86. The Morgan fingerprint density at radius 1 is 1.10 bits per heavy atom. The maximum Gasteiger partial charge on any atom is 0.328 e. The summed E-state index contributed by atoms with van der Waals surface area (Å²) in [5.74, 6) is 0.533. The van der Waals surface area contributed by atoms with Gasteiger partial charge in [0.05, 0.1) is 20.1 Å². The molecule has 2 aromatic carbocycles. The lowest BCUT2D eigenvalue weighted by Gasteiger charge is -2.23. The maximum absolute atomic E-state index is 13.9. The highest BCUT2D eigenvalue weighted by atomic mass is 16.5. The van der Waals surface area contributed by atoms with E-state index in [0.29, 0.717) is 48.8 Å². The number of nitrogens with zero attached hydrogens (tertiary/aromatic N) is 6. The third kappa shape index (κ3) is 6.00. The summed E-state index contributed by atoms with van der Waals surface area (Å²) in [6.45, 7) is 4.67. The molecule has 4 aromatic rings. The van der Waals surface area contributed by atoms with Crippen molar-refractivity contribution in [2.45, 2.75) is 65.0 Å². The number of aromatic nitrogens is 6. The van der Waals surface area contributed by atoms with Gasteiger partial charge in [0.2, 0.25) is 11.7 Å². The smallest absolute Gasteiger partial charge is 0.328 e. The average molecular weight is 570 g/mol. The predicted octanol–water partition coefficient (Wildman–Crippen LogP) is 3.50. The number of aryl methyl sites for hydroxylation is 2. The van der Waals surface area contributed by atoms with Gasteiger partial charge in [-0.15, -0.1) is 10.2 Å². The number of likely N-dealkylation sites (tertiary alicyclic amines) is 1. The number of carbonyl (C=O) groups is 2. The molecule has 1 saturated heterocycles. The van der Waals surface area contributed by atoms with Crippen molar-refractivity contribution >= 4 is 11.9 Å². The van der Waals surface area contributed by atoms with Gasteiger partial charge in [-0.1, -0.05) is 61.9 Å². The zero-order valence-electron chi connectivity index (χ0n) is 24.2. The van der Waals surface area contributed by atoms with Crippen molar-refractivity contribution in [1.82, 2.24) is 35.1 Å². The molecule has 0 spiro atoms. The van der Waals surface area contributed by atoms with Crippen LogP contribution in [0.3, 0.4) is 0 Å². The summed E-state index contributed by atoms with van der Waals surface area (Å²) in [5.41, 5.74) is 4.44. The number of ether oxygens (including phenoxy) is 1. The van der Waals surface area contributed by atoms with E-state index in [1.807, 2.05) is 48.5 Å². The lowest BCUT2D eigenvalue weighted by molar-refractivity contribution is -0.150. The first kappa shape index (κ1) is 28.8. The van der Waals surface area contributed by atoms with Gasteiger partial charge in [-0.25, -0.2) is 9.78 Å². The van der Waals surface area contributed by atoms with Crippen molar-refractivity contribution in [2.75, 3.05) is 13.7 Å². The topological polar surface area (TPSA) is 136 Å². The molecule has 1 N–H and O–H groups in total. The second-order valence-corrected chi connectivity index (χ2v) is 10.5. The van der Waals surface area contributed by atoms with Crippen molar-refractivity contribution < 1.29 is 14.3 Å². The lowest BCUT2D eigenvalue weighted by Crippen LogP contribution is -2.43. The van der Waals surface area contributed by atoms with Gasteiger partial charge in [0.15, 0.2) is 0 Å². The highest BCUT2D eigenvalue weighted by Crippen LogP contribution is 2.30. The van der Waals surface area contributed by atoms with Crippen LogP contribution < -0.4 is 5.56 Å². The molecule has 0 radical (unpaired) electrons. The molecule has 0 saturated carbocycles. The van der Waals surface area contributed by atoms with Gasteiger partial charge in [-0.05, 0) is 48.1 Å². The molecule has 1 amide bonds. The minimum atomic E-state index is -0.606. The van der Waals surface area contributed by atoms with Crippen molar-refractivity contribution in [3.05, 3.63) is 81.5 Å². The molecule has 1 aliphatic rings. The van der Waals surface area contributed by atoms with Crippen LogP contribution in [0.2, 0.25) is 0 Å². The third-order valence-corrected chi connectivity index (χ3v) is 7.80. The number of benzene rings is 2. The Bertz CT molecular complexity index is 1610. The van der Waals surface area contributed by atoms with E-state index in [9.17, 15) is 14.4 Å². The van der Waals surface area contributed by atoms with E-state index in [4.69, 9.17) is 9.72 Å². The van der Waals surface area contributed by atoms with Crippen molar-refractivity contribution in [3.8, 4) is 22.5 Å². The van der Waals surface area contributed by atoms with Crippen LogP contribution >= 0.6 is 0 Å². The number of tetrazole rings is 1. The lowest BCUT2D eigenvalue weighted by atomic mass is 9.98. The molecule has 3 heterocycles. The van der Waals surface area contributed by atoms with Crippen molar-refractivity contribution in [3.63, 3.8) is 0 Å². The Hall–Kier alpha value is -4.67. The largest absolute Gasteiger partial charge is 0.467 e. The molecule has 1 atom stereocenters. The Balaban J connectivity index is 1.43. The van der Waals surface area contributed by atoms with Crippen LogP contribution in [0.5, 0.6) is 0 Å². The number of amides is 1. The van der Waals surface area contributed by atoms with Crippen LogP contribution in [-0.2, 0) is 33.7 Å². The van der Waals surface area contributed by atoms with Crippen LogP contribution in [0.1, 0.15) is 55.3 Å². The molecule has 11 nitrogen and oxygen atoms in total. The molecule has 42 heavy (non-hydrogen) atoms. The molecule has 1 fully saturated rings. The van der Waals surface area contributed by atoms with Gasteiger partial charge >= 0.3 is 5.97 Å². The van der Waals surface area contributed by atoms with E-state index in [1.165, 1.54) is 12.0 Å². The summed E-state index contributed by atoms with van der Waals surface area (Å²) >= 11 is 0. The molecule has 2 aromatic heterocycles. The number of aromatic amines is 1. The fourth-order valence-electron chi connectivity index (χ4n) is 5.53. The van der Waals surface area contributed by atoms with E-state index in [1.54, 1.807) is 11.5 Å². The molecule has 1 aliphatic heterocycles. The van der Waals surface area contributed by atoms with Gasteiger partial charge in [-0.3, -0.25) is 14.2 Å². The van der Waals surface area contributed by atoms with Gasteiger partial charge in [0, 0.05) is 29.8 Å². The number of carbonyl (C=O) groups excluding carboxylic acids is 2. The minimum absolute atomic E-state index is 0.106. The summed E-state index contributed by atoms with van der Waals surface area (Å²) < 4.78 is 6.58. The number of nitrogens with one attached hydrogen (secondary N) is 1. The van der Waals surface area contributed by atoms with Crippen LogP contribution in [0.25, 0.3) is 22.5 Å². The molecule has 0 aliphatic carbocycles. The first-order valence-electron chi connectivity index (χ1n) is 14.3. The number of esters is 1. The predicted molar refractivity (Wildman–Crippen MR) is 156 cm³/mol. The van der Waals surface area contributed by atoms with Crippen LogP contribution in [0, 0.1) is 6.92 Å². The molecule has 0 unspecified atom stereocenters. The van der Waals surface area contributed by atoms with Crippen LogP contribution in [0.4, 0.5) is 0 Å². The van der Waals surface area contributed by atoms with Gasteiger partial charge in [-0.2, -0.15) is 5.21 Å². The van der Waals surface area contributed by atoms with E-state index in [-0.39, 0.29) is 17.9 Å². The van der Waals surface area contributed by atoms with E-state index in [0.717, 1.165) is 41.5 Å². The summed E-state index contributed by atoms with van der Waals surface area (Å²) in [6.07, 6.45) is 3.69. The fraction of sp³-hybridized carbons (Fsp3) is 0.387. The number of methoxy groups -OCH3 is 1. The summed E-state index contributed by atoms with van der Waals surface area (Å²) in [4.78, 5) is 45.7. The second kappa shape index (κ2) is 12.9. The SMILES string of the molecule is CCCCc1nc(C)c(CC(=O)N2CCC[C@H]2C(=O)OC)c(=O)n1Cc1ccc(-c2ccccc2-c2nn[nH]n2)cc1. The maximum atomic E-state index is 13.9. The van der Waals surface area contributed by atoms with Gasteiger partial charge in [0.25, 0.3) is 5.56 Å². The molecule has 218 valence electrons. The number of H-pyrrole nitrogens is 1. The number of hydrogen-bond acceptors (Lipinski definition) is 8. The summed E-state index contributed by atoms with van der Waals surface area (Å²) in [5, 5.41) is 14.4. The minimum Gasteiger partial charge on any atom is -0.467 e. The Morgan fingerprint density at radius 3 is 2.55 bits per heavy atom. The summed E-state index contributed by atoms with van der Waals surface area (Å²) in [7, 11) is 1.32. The summed E-state index contributed by atoms with van der Waals surface area (Å²) in [6, 6.07) is 15.3. The first-order valence-corrected chi connectivity index (χ1v) is 14.3. The van der Waals surface area contributed by atoms with Crippen molar-refractivity contribution in [2.24, 2.45) is 0 Å². The molecule has 0 bridgehead atoms. The Labute approximate surface area is 243 Å². The highest BCUT2D eigenvalue weighted by Gasteiger charge is 2.35. The molecular formula is C31H35N7O4. The monoisotopic (exact) mass is 569 g/mol. The van der Waals surface area contributed by atoms with E-state index < -0.39 is 12.0 Å². The first-order chi connectivity index (χ1) is 20.4. The van der Waals surface area contributed by atoms with E-state index in [2.05, 4.69) is 27.5 Å². The molecule has 11 heteroatoms. The van der Waals surface area contributed by atoms with Crippen molar-refractivity contribution in [1.29, 1.82) is 0 Å². The number of unbranched alkanes of at least 4 members (excludes halogenated alkanes) is 1.